The first kappa shape index (κ1) is 19.8. The number of Topliss-reactive ketones (excluding diaryl/α,β-unsaturated/α-hetero) is 1. The molecule has 2 amide bonds. The fraction of sp³-hybridized carbons (Fsp3) is 0.0476. The molecule has 0 saturated heterocycles. The van der Waals surface area contributed by atoms with Crippen molar-refractivity contribution < 1.29 is 23.2 Å². The quantitative estimate of drug-likeness (QED) is 0.638. The van der Waals surface area contributed by atoms with Crippen LogP contribution in [0.2, 0.25) is 0 Å². The maximum atomic E-state index is 13.3. The van der Waals surface area contributed by atoms with Gasteiger partial charge in [0.15, 0.2) is 17.4 Å². The average molecular weight is 395 g/mol. The summed E-state index contributed by atoms with van der Waals surface area (Å²) in [6.07, 6.45) is 2.51. The molecule has 0 radical (unpaired) electrons. The molecule has 146 valence electrons. The van der Waals surface area contributed by atoms with E-state index in [4.69, 9.17) is 0 Å². The minimum atomic E-state index is -1.10. The molecule has 3 rings (SSSR count). The summed E-state index contributed by atoms with van der Waals surface area (Å²) >= 11 is 0. The normalized spacial score (nSPS) is 10.3. The van der Waals surface area contributed by atoms with Crippen LogP contribution in [-0.2, 0) is 0 Å². The van der Waals surface area contributed by atoms with Crippen molar-refractivity contribution in [2.45, 2.75) is 6.92 Å². The minimum Gasteiger partial charge on any atom is -0.322 e. The van der Waals surface area contributed by atoms with E-state index in [1.165, 1.54) is 37.5 Å². The number of hydrogen-bond acceptors (Lipinski definition) is 4. The first-order valence-electron chi connectivity index (χ1n) is 8.47. The Labute approximate surface area is 164 Å². The van der Waals surface area contributed by atoms with Gasteiger partial charge in [-0.05, 0) is 37.3 Å². The Morgan fingerprint density at radius 2 is 1.38 bits per heavy atom. The van der Waals surface area contributed by atoms with E-state index in [2.05, 4.69) is 15.6 Å². The van der Waals surface area contributed by atoms with Crippen LogP contribution in [0.3, 0.4) is 0 Å². The van der Waals surface area contributed by atoms with Crippen LogP contribution in [0.15, 0.2) is 60.9 Å². The monoisotopic (exact) mass is 395 g/mol. The number of carbonyl (C=O) groups excluding carboxylic acids is 3. The van der Waals surface area contributed by atoms with Gasteiger partial charge in [-0.2, -0.15) is 0 Å². The zero-order valence-electron chi connectivity index (χ0n) is 15.2. The molecule has 0 bridgehead atoms. The number of halogens is 2. The van der Waals surface area contributed by atoms with Crippen LogP contribution in [0.4, 0.5) is 20.2 Å². The highest BCUT2D eigenvalue weighted by molar-refractivity contribution is 6.08. The fourth-order valence-corrected chi connectivity index (χ4v) is 2.48. The van der Waals surface area contributed by atoms with Gasteiger partial charge in [-0.1, -0.05) is 12.1 Å². The van der Waals surface area contributed by atoms with Gasteiger partial charge in [-0.15, -0.1) is 0 Å². The van der Waals surface area contributed by atoms with Gasteiger partial charge in [0.1, 0.15) is 0 Å². The third-order valence-electron chi connectivity index (χ3n) is 3.97. The highest BCUT2D eigenvalue weighted by atomic mass is 19.2. The van der Waals surface area contributed by atoms with Crippen LogP contribution in [0.25, 0.3) is 0 Å². The maximum absolute atomic E-state index is 13.3. The standard InChI is InChI=1S/C21H15F2N3O3/c1-12(27)13-3-2-4-16(8-13)25-20(28)14-7-15(11-24-10-14)21(29)26-17-5-6-18(22)19(23)9-17/h2-11H,1H3,(H,25,28)(H,26,29). The lowest BCUT2D eigenvalue weighted by Crippen LogP contribution is -2.16. The molecule has 1 heterocycles. The predicted octanol–water partition coefficient (Wildman–Crippen LogP) is 4.07. The highest BCUT2D eigenvalue weighted by Crippen LogP contribution is 2.16. The third-order valence-corrected chi connectivity index (χ3v) is 3.97. The summed E-state index contributed by atoms with van der Waals surface area (Å²) in [5.74, 6) is -3.44. The minimum absolute atomic E-state index is 0.0554. The van der Waals surface area contributed by atoms with Crippen LogP contribution < -0.4 is 10.6 Å². The molecule has 0 atom stereocenters. The highest BCUT2D eigenvalue weighted by Gasteiger charge is 2.13. The molecule has 1 aromatic heterocycles. The van der Waals surface area contributed by atoms with E-state index in [-0.39, 0.29) is 22.6 Å². The molecule has 6 nitrogen and oxygen atoms in total. The summed E-state index contributed by atoms with van der Waals surface area (Å²) in [5.41, 5.74) is 1.08. The van der Waals surface area contributed by atoms with Gasteiger partial charge in [0, 0.05) is 35.4 Å². The van der Waals surface area contributed by atoms with E-state index in [1.807, 2.05) is 0 Å². The number of nitrogens with zero attached hydrogens (tertiary/aromatic N) is 1. The second kappa shape index (κ2) is 8.39. The molecule has 0 aliphatic heterocycles. The molecule has 0 saturated carbocycles. The van der Waals surface area contributed by atoms with E-state index in [0.717, 1.165) is 12.1 Å². The molecule has 29 heavy (non-hydrogen) atoms. The average Bonchev–Trinajstić information content (AvgIpc) is 2.71. The van der Waals surface area contributed by atoms with Crippen LogP contribution in [-0.4, -0.2) is 22.6 Å². The largest absolute Gasteiger partial charge is 0.322 e. The molecular weight excluding hydrogens is 380 g/mol. The number of aromatic nitrogens is 1. The van der Waals surface area contributed by atoms with Crippen molar-refractivity contribution in [1.29, 1.82) is 0 Å². The zero-order valence-corrected chi connectivity index (χ0v) is 15.2. The first-order valence-corrected chi connectivity index (χ1v) is 8.47. The van der Waals surface area contributed by atoms with Crippen LogP contribution in [0.5, 0.6) is 0 Å². The maximum Gasteiger partial charge on any atom is 0.257 e. The Morgan fingerprint density at radius 3 is 1.97 bits per heavy atom. The van der Waals surface area contributed by atoms with E-state index in [0.29, 0.717) is 11.3 Å². The number of pyridine rings is 1. The molecular formula is C21H15F2N3O3. The molecule has 0 fully saturated rings. The lowest BCUT2D eigenvalue weighted by Gasteiger charge is -2.08. The van der Waals surface area contributed by atoms with Crippen molar-refractivity contribution >= 4 is 29.0 Å². The Morgan fingerprint density at radius 1 is 0.759 bits per heavy atom. The third kappa shape index (κ3) is 4.86. The summed E-state index contributed by atoms with van der Waals surface area (Å²) < 4.78 is 26.3. The van der Waals surface area contributed by atoms with Gasteiger partial charge < -0.3 is 10.6 Å². The number of amides is 2. The van der Waals surface area contributed by atoms with Gasteiger partial charge in [0.2, 0.25) is 0 Å². The van der Waals surface area contributed by atoms with Gasteiger partial charge >= 0.3 is 0 Å². The van der Waals surface area contributed by atoms with Gasteiger partial charge in [0.25, 0.3) is 11.8 Å². The molecule has 0 spiro atoms. The molecule has 2 N–H and O–H groups in total. The molecule has 0 unspecified atom stereocenters. The van der Waals surface area contributed by atoms with E-state index < -0.39 is 23.4 Å². The van der Waals surface area contributed by atoms with E-state index in [9.17, 15) is 23.2 Å². The van der Waals surface area contributed by atoms with Crippen molar-refractivity contribution in [3.8, 4) is 0 Å². The van der Waals surface area contributed by atoms with Crippen molar-refractivity contribution in [3.05, 3.63) is 89.2 Å². The summed E-state index contributed by atoms with van der Waals surface area (Å²) in [5, 5.41) is 5.04. The summed E-state index contributed by atoms with van der Waals surface area (Å²) in [7, 11) is 0. The first-order chi connectivity index (χ1) is 13.8. The number of hydrogen-bond donors (Lipinski definition) is 2. The van der Waals surface area contributed by atoms with Crippen molar-refractivity contribution in [2.24, 2.45) is 0 Å². The lowest BCUT2D eigenvalue weighted by atomic mass is 10.1. The SMILES string of the molecule is CC(=O)c1cccc(NC(=O)c2cncc(C(=O)Nc3ccc(F)c(F)c3)c2)c1. The van der Waals surface area contributed by atoms with E-state index in [1.54, 1.807) is 18.2 Å². The topological polar surface area (TPSA) is 88.2 Å². The van der Waals surface area contributed by atoms with Crippen LogP contribution in [0.1, 0.15) is 38.0 Å². The Balaban J connectivity index is 1.75. The summed E-state index contributed by atoms with van der Waals surface area (Å²) in [6, 6.07) is 10.7. The lowest BCUT2D eigenvalue weighted by molar-refractivity contribution is 0.100. The second-order valence-corrected chi connectivity index (χ2v) is 6.14. The molecule has 2 aromatic carbocycles. The van der Waals surface area contributed by atoms with Crippen LogP contribution >= 0.6 is 0 Å². The summed E-state index contributed by atoms with van der Waals surface area (Å²) in [6.45, 7) is 1.42. The fourth-order valence-electron chi connectivity index (χ4n) is 2.48. The smallest absolute Gasteiger partial charge is 0.257 e. The second-order valence-electron chi connectivity index (χ2n) is 6.14. The van der Waals surface area contributed by atoms with Crippen molar-refractivity contribution in [2.75, 3.05) is 10.6 Å². The molecule has 8 heteroatoms. The zero-order chi connectivity index (χ0) is 21.0. The Bertz CT molecular complexity index is 1120. The molecule has 3 aromatic rings. The van der Waals surface area contributed by atoms with Gasteiger partial charge in [0.05, 0.1) is 11.1 Å². The predicted molar refractivity (Wildman–Crippen MR) is 103 cm³/mol. The number of ketones is 1. The molecule has 0 aliphatic rings. The van der Waals surface area contributed by atoms with E-state index >= 15 is 0 Å². The number of anilines is 2. The summed E-state index contributed by atoms with van der Waals surface area (Å²) in [4.78, 5) is 40.1. The van der Waals surface area contributed by atoms with Crippen LogP contribution in [0, 0.1) is 11.6 Å². The number of nitrogens with one attached hydrogen (secondary N) is 2. The number of rotatable bonds is 5. The van der Waals surface area contributed by atoms with Crippen molar-refractivity contribution in [1.82, 2.24) is 4.98 Å². The molecule has 0 aliphatic carbocycles. The number of benzene rings is 2. The van der Waals surface area contributed by atoms with Crippen molar-refractivity contribution in [3.63, 3.8) is 0 Å². The Hall–Kier alpha value is -3.94. The van der Waals surface area contributed by atoms with Gasteiger partial charge in [-0.25, -0.2) is 8.78 Å². The number of carbonyl (C=O) groups is 3. The van der Waals surface area contributed by atoms with Gasteiger partial charge in [-0.3, -0.25) is 19.4 Å². The Kier molecular flexibility index (Phi) is 5.73.